The Bertz CT molecular complexity index is 723. The predicted octanol–water partition coefficient (Wildman–Crippen LogP) is 3.55. The van der Waals surface area contributed by atoms with Gasteiger partial charge in [-0.15, -0.1) is 0 Å². The van der Waals surface area contributed by atoms with Crippen LogP contribution in [0.15, 0.2) is 30.4 Å². The van der Waals surface area contributed by atoms with Crippen LogP contribution in [-0.2, 0) is 9.59 Å². The molecule has 1 aromatic rings. The number of hydrogen-bond donors (Lipinski definition) is 0. The molecule has 112 valence electrons. The lowest BCUT2D eigenvalue weighted by Crippen LogP contribution is -2.40. The van der Waals surface area contributed by atoms with Crippen molar-refractivity contribution < 1.29 is 9.59 Å². The predicted molar refractivity (Wildman–Crippen MR) is 83.7 cm³/mol. The van der Waals surface area contributed by atoms with E-state index in [0.29, 0.717) is 27.6 Å². The molecule has 5 heteroatoms. The van der Waals surface area contributed by atoms with Crippen molar-refractivity contribution in [2.75, 3.05) is 4.90 Å². The number of imide groups is 1. The molecule has 22 heavy (non-hydrogen) atoms. The Morgan fingerprint density at radius 1 is 0.955 bits per heavy atom. The van der Waals surface area contributed by atoms with Crippen LogP contribution in [0.1, 0.15) is 6.42 Å². The highest BCUT2D eigenvalue weighted by Crippen LogP contribution is 2.65. The van der Waals surface area contributed by atoms with Crippen LogP contribution in [0.3, 0.4) is 0 Å². The molecule has 1 heterocycles. The van der Waals surface area contributed by atoms with Crippen molar-refractivity contribution >= 4 is 40.7 Å². The van der Waals surface area contributed by atoms with Crippen LogP contribution in [0, 0.1) is 35.5 Å². The van der Waals surface area contributed by atoms with E-state index in [1.807, 2.05) is 0 Å². The third-order valence-corrected chi connectivity index (χ3v) is 6.35. The molecule has 0 spiro atoms. The molecule has 0 unspecified atom stereocenters. The van der Waals surface area contributed by atoms with Gasteiger partial charge in [0.1, 0.15) is 0 Å². The van der Waals surface area contributed by atoms with Crippen molar-refractivity contribution in [2.24, 2.45) is 35.5 Å². The van der Waals surface area contributed by atoms with Crippen LogP contribution in [0.5, 0.6) is 0 Å². The molecule has 1 aliphatic heterocycles. The fraction of sp³-hybridized carbons (Fsp3) is 0.412. The van der Waals surface area contributed by atoms with Gasteiger partial charge in [0.15, 0.2) is 0 Å². The van der Waals surface area contributed by atoms with E-state index in [-0.39, 0.29) is 35.5 Å². The van der Waals surface area contributed by atoms with Gasteiger partial charge in [-0.2, -0.15) is 0 Å². The molecule has 4 aliphatic carbocycles. The van der Waals surface area contributed by atoms with Gasteiger partial charge in [-0.1, -0.05) is 35.4 Å². The molecule has 1 aromatic carbocycles. The Labute approximate surface area is 137 Å². The summed E-state index contributed by atoms with van der Waals surface area (Å²) in [5.41, 5.74) is 0.462. The molecule has 1 saturated heterocycles. The lowest BCUT2D eigenvalue weighted by molar-refractivity contribution is -0.124. The van der Waals surface area contributed by atoms with E-state index >= 15 is 0 Å². The summed E-state index contributed by atoms with van der Waals surface area (Å²) in [6.07, 6.45) is 5.49. The van der Waals surface area contributed by atoms with E-state index in [2.05, 4.69) is 12.2 Å². The van der Waals surface area contributed by atoms with Gasteiger partial charge in [-0.3, -0.25) is 9.59 Å². The van der Waals surface area contributed by atoms with Crippen LogP contribution in [0.25, 0.3) is 0 Å². The monoisotopic (exact) mass is 333 g/mol. The number of allylic oxidation sites excluding steroid dienone is 2. The largest absolute Gasteiger partial charge is 0.274 e. The van der Waals surface area contributed by atoms with Crippen molar-refractivity contribution in [3.63, 3.8) is 0 Å². The van der Waals surface area contributed by atoms with Crippen molar-refractivity contribution in [1.29, 1.82) is 0 Å². The van der Waals surface area contributed by atoms with E-state index in [4.69, 9.17) is 23.2 Å². The summed E-state index contributed by atoms with van der Waals surface area (Å²) in [7, 11) is 0. The highest BCUT2D eigenvalue weighted by Gasteiger charge is 2.67. The van der Waals surface area contributed by atoms with Gasteiger partial charge >= 0.3 is 0 Å². The van der Waals surface area contributed by atoms with E-state index in [1.165, 1.54) is 4.90 Å². The zero-order valence-electron chi connectivity index (χ0n) is 11.6. The number of hydrogen-bond acceptors (Lipinski definition) is 2. The van der Waals surface area contributed by atoms with Gasteiger partial charge < -0.3 is 0 Å². The summed E-state index contributed by atoms with van der Waals surface area (Å²) in [5, 5.41) is 0.839. The van der Waals surface area contributed by atoms with Gasteiger partial charge in [0.25, 0.3) is 0 Å². The summed E-state index contributed by atoms with van der Waals surface area (Å²) >= 11 is 12.1. The molecule has 2 bridgehead atoms. The molecule has 3 fully saturated rings. The standard InChI is InChI=1S/C17H13Cl2NO2/c18-7-1-4-13(12(19)5-7)20-16(21)14-8-2-3-9(11-6-10(8)11)15(14)17(20)22/h1-5,8-11,14-15H,6H2/t8-,9+,10+,11-,14+,15-. The van der Waals surface area contributed by atoms with Gasteiger partial charge in [-0.25, -0.2) is 4.90 Å². The van der Waals surface area contributed by atoms with Crippen molar-refractivity contribution in [1.82, 2.24) is 0 Å². The maximum absolute atomic E-state index is 12.9. The summed E-state index contributed by atoms with van der Waals surface area (Å²) in [4.78, 5) is 27.1. The second kappa shape index (κ2) is 4.15. The average Bonchev–Trinajstić information content (AvgIpc) is 3.26. The number of benzene rings is 1. The van der Waals surface area contributed by atoms with E-state index < -0.39 is 0 Å². The number of nitrogens with zero attached hydrogens (tertiary/aromatic N) is 1. The molecule has 5 aliphatic rings. The molecular formula is C17H13Cl2NO2. The number of anilines is 1. The first kappa shape index (κ1) is 13.1. The van der Waals surface area contributed by atoms with E-state index in [1.54, 1.807) is 18.2 Å². The van der Waals surface area contributed by atoms with Gasteiger partial charge in [0, 0.05) is 5.02 Å². The molecule has 0 radical (unpaired) electrons. The van der Waals surface area contributed by atoms with Crippen molar-refractivity contribution in [3.05, 3.63) is 40.4 Å². The summed E-state index contributed by atoms with van der Waals surface area (Å²) in [6.45, 7) is 0. The molecule has 0 N–H and O–H groups in total. The van der Waals surface area contributed by atoms with Crippen LogP contribution in [0.4, 0.5) is 5.69 Å². The molecule has 6 atom stereocenters. The van der Waals surface area contributed by atoms with Crippen LogP contribution in [-0.4, -0.2) is 11.8 Å². The smallest absolute Gasteiger partial charge is 0.238 e. The molecule has 3 nitrogen and oxygen atoms in total. The zero-order valence-corrected chi connectivity index (χ0v) is 13.1. The van der Waals surface area contributed by atoms with E-state index in [0.717, 1.165) is 6.42 Å². The second-order valence-corrected chi connectivity index (χ2v) is 7.61. The number of carbonyl (C=O) groups is 2. The van der Waals surface area contributed by atoms with Crippen LogP contribution in [0.2, 0.25) is 10.0 Å². The van der Waals surface area contributed by atoms with Gasteiger partial charge in [0.2, 0.25) is 11.8 Å². The fourth-order valence-electron chi connectivity index (χ4n) is 4.86. The summed E-state index contributed by atoms with van der Waals surface area (Å²) < 4.78 is 0. The molecule has 6 rings (SSSR count). The molecule has 2 amide bonds. The van der Waals surface area contributed by atoms with Crippen molar-refractivity contribution in [3.8, 4) is 0 Å². The minimum absolute atomic E-state index is 0.0936. The third-order valence-electron chi connectivity index (χ3n) is 5.81. The van der Waals surface area contributed by atoms with Crippen LogP contribution < -0.4 is 4.90 Å². The Hall–Kier alpha value is -1.32. The maximum Gasteiger partial charge on any atom is 0.238 e. The average molecular weight is 334 g/mol. The third kappa shape index (κ3) is 1.49. The Kier molecular flexibility index (Phi) is 2.48. The Morgan fingerprint density at radius 2 is 1.55 bits per heavy atom. The minimum Gasteiger partial charge on any atom is -0.274 e. The zero-order chi connectivity index (χ0) is 15.2. The summed E-state index contributed by atoms with van der Waals surface area (Å²) in [5.74, 6) is 1.09. The lowest BCUT2D eigenvalue weighted by Gasteiger charge is -2.37. The van der Waals surface area contributed by atoms with Crippen LogP contribution >= 0.6 is 23.2 Å². The fourth-order valence-corrected chi connectivity index (χ4v) is 5.35. The molecular weight excluding hydrogens is 321 g/mol. The molecule has 2 saturated carbocycles. The van der Waals surface area contributed by atoms with Crippen molar-refractivity contribution in [2.45, 2.75) is 6.42 Å². The Morgan fingerprint density at radius 3 is 2.09 bits per heavy atom. The first-order valence-electron chi connectivity index (χ1n) is 7.59. The maximum atomic E-state index is 12.9. The number of halogens is 2. The summed E-state index contributed by atoms with van der Waals surface area (Å²) in [6, 6.07) is 4.90. The second-order valence-electron chi connectivity index (χ2n) is 6.76. The number of carbonyl (C=O) groups excluding carboxylic acids is 2. The first-order valence-corrected chi connectivity index (χ1v) is 8.34. The minimum atomic E-state index is -0.196. The molecule has 0 aromatic heterocycles. The normalized spacial score (nSPS) is 40.9. The number of rotatable bonds is 1. The quantitative estimate of drug-likeness (QED) is 0.582. The topological polar surface area (TPSA) is 37.4 Å². The first-order chi connectivity index (χ1) is 10.6. The number of amides is 2. The lowest BCUT2D eigenvalue weighted by atomic mass is 9.63. The highest BCUT2D eigenvalue weighted by molar-refractivity contribution is 6.38. The van der Waals surface area contributed by atoms with Gasteiger partial charge in [-0.05, 0) is 48.3 Å². The van der Waals surface area contributed by atoms with Gasteiger partial charge in [0.05, 0.1) is 22.5 Å². The highest BCUT2D eigenvalue weighted by atomic mass is 35.5. The van der Waals surface area contributed by atoms with E-state index in [9.17, 15) is 9.59 Å². The SMILES string of the molecule is O=C1[C@@H]2[C@H]3C=C[C@H]([C@@H]4C[C@H]34)[C@@H]2C(=O)N1c1ccc(Cl)cc1Cl. The Balaban J connectivity index is 1.60.